The van der Waals surface area contributed by atoms with Gasteiger partial charge in [0.05, 0.1) is 30.1 Å². The van der Waals surface area contributed by atoms with Gasteiger partial charge < -0.3 is 29.7 Å². The fourth-order valence-corrected chi connectivity index (χ4v) is 7.74. The molecule has 0 unspecified atom stereocenters. The van der Waals surface area contributed by atoms with Gasteiger partial charge in [-0.2, -0.15) is 0 Å². The second-order valence-corrected chi connectivity index (χ2v) is 17.8. The molecule has 3 fully saturated rings. The van der Waals surface area contributed by atoms with Gasteiger partial charge in [-0.15, -0.1) is 6.58 Å². The number of benzene rings is 1. The van der Waals surface area contributed by atoms with Crippen molar-refractivity contribution in [2.75, 3.05) is 13.7 Å². The largest absolute Gasteiger partial charge is 0.497 e. The first-order chi connectivity index (χ1) is 23.7. The zero-order chi connectivity index (χ0) is 37.7. The molecule has 1 aliphatic heterocycles. The van der Waals surface area contributed by atoms with E-state index < -0.39 is 79.7 Å². The maximum atomic E-state index is 14.4. The Bertz CT molecular complexity index is 1850. The van der Waals surface area contributed by atoms with Crippen molar-refractivity contribution < 1.29 is 41.8 Å². The van der Waals surface area contributed by atoms with E-state index >= 15 is 0 Å². The third kappa shape index (κ3) is 8.35. The Labute approximate surface area is 303 Å². The molecule has 3 N–H and O–H groups in total. The summed E-state index contributed by atoms with van der Waals surface area (Å²) in [6, 6.07) is 2.89. The molecule has 1 aromatic carbocycles. The number of sulfonamides is 1. The number of carbonyl (C=O) groups is 4. The van der Waals surface area contributed by atoms with Crippen molar-refractivity contribution in [1.82, 2.24) is 25.2 Å². The number of hydrogen-bond donors (Lipinski definition) is 3. The lowest BCUT2D eigenvalue weighted by atomic mass is 9.85. The van der Waals surface area contributed by atoms with Gasteiger partial charge in [-0.25, -0.2) is 18.2 Å². The average molecular weight is 748 g/mol. The number of alkyl carbamates (subject to hydrolysis) is 1. The first-order valence-corrected chi connectivity index (χ1v) is 18.7. The summed E-state index contributed by atoms with van der Waals surface area (Å²) in [5.41, 5.74) is -3.24. The number of nitrogens with zero attached hydrogens (tertiary/aromatic N) is 2. The maximum absolute atomic E-state index is 14.4. The van der Waals surface area contributed by atoms with Crippen LogP contribution in [0.3, 0.4) is 0 Å². The number of hydrogen-bond acceptors (Lipinski definition) is 10. The van der Waals surface area contributed by atoms with Crippen LogP contribution >= 0.6 is 11.6 Å². The number of likely N-dealkylation sites (tertiary alicyclic amines) is 1. The lowest BCUT2D eigenvalue weighted by molar-refractivity contribution is -0.143. The molecule has 1 saturated heterocycles. The van der Waals surface area contributed by atoms with E-state index in [4.69, 9.17) is 25.8 Å². The number of methoxy groups -OCH3 is 1. The highest BCUT2D eigenvalue weighted by atomic mass is 35.5. The van der Waals surface area contributed by atoms with Crippen LogP contribution in [0.25, 0.3) is 10.8 Å². The summed E-state index contributed by atoms with van der Waals surface area (Å²) < 4.78 is 44.6. The van der Waals surface area contributed by atoms with Crippen molar-refractivity contribution in [1.29, 1.82) is 0 Å². The Hall–Kier alpha value is -4.11. The van der Waals surface area contributed by atoms with Gasteiger partial charge in [-0.05, 0) is 63.6 Å². The SMILES string of the molecule is C=C[C@@H]1C[C@]1(NC(=O)[C@@H]1C[C@@H](Oc2ncc(Cl)c3cc(OC)ccc23)CN1C(=O)[C@@H](NC(=O)OC(C)(C)C)C(C)(C)C)C(=O)NS(=O)(=O)C1CC1. The molecular formula is C35H46ClN5O9S. The standard InChI is InChI=1S/C35H46ClN5O9S/c1-9-19-16-35(19,31(44)40-51(46,47)22-11-12-22)39-28(42)26-15-21(49-29-23-13-10-20(48-8)14-24(23)25(36)17-37-29)18-41(26)30(43)27(33(2,3)4)38-32(45)50-34(5,6)7/h9-10,13-14,17,19,21-22,26-27H,1,11-12,15-16,18H2,2-8H3,(H,38,45)(H,39,42)(H,40,44)/t19-,21-,26+,27-,35-/m1/s1. The van der Waals surface area contributed by atoms with Crippen molar-refractivity contribution in [3.8, 4) is 11.6 Å². The highest BCUT2D eigenvalue weighted by molar-refractivity contribution is 7.91. The molecule has 5 rings (SSSR count). The molecule has 4 amide bonds. The molecule has 2 heterocycles. The number of ether oxygens (including phenoxy) is 3. The van der Waals surface area contributed by atoms with Gasteiger partial charge in [-0.3, -0.25) is 19.1 Å². The molecule has 16 heteroatoms. The molecule has 0 bridgehead atoms. The minimum Gasteiger partial charge on any atom is -0.497 e. The Kier molecular flexibility index (Phi) is 10.3. The quantitative estimate of drug-likeness (QED) is 0.286. The van der Waals surface area contributed by atoms with Crippen LogP contribution in [0.2, 0.25) is 5.02 Å². The van der Waals surface area contributed by atoms with Gasteiger partial charge in [0.2, 0.25) is 27.7 Å². The predicted molar refractivity (Wildman–Crippen MR) is 190 cm³/mol. The summed E-state index contributed by atoms with van der Waals surface area (Å²) in [4.78, 5) is 60.7. The van der Waals surface area contributed by atoms with E-state index in [-0.39, 0.29) is 25.3 Å². The van der Waals surface area contributed by atoms with Gasteiger partial charge in [0, 0.05) is 23.1 Å². The Morgan fingerprint density at radius 3 is 2.37 bits per heavy atom. The topological polar surface area (TPSA) is 182 Å². The number of carbonyl (C=O) groups excluding carboxylic acids is 4. The van der Waals surface area contributed by atoms with E-state index in [0.717, 1.165) is 0 Å². The normalized spacial score (nSPS) is 23.9. The zero-order valence-corrected chi connectivity index (χ0v) is 31.4. The molecule has 2 aliphatic carbocycles. The molecule has 14 nitrogen and oxygen atoms in total. The van der Waals surface area contributed by atoms with Crippen LogP contribution in [-0.4, -0.2) is 90.3 Å². The van der Waals surface area contributed by atoms with Crippen LogP contribution in [0.4, 0.5) is 4.79 Å². The minimum atomic E-state index is -3.91. The van der Waals surface area contributed by atoms with Crippen molar-refractivity contribution in [2.24, 2.45) is 11.3 Å². The Balaban J connectivity index is 1.46. The third-order valence-corrected chi connectivity index (χ3v) is 11.3. The number of fused-ring (bicyclic) bond motifs is 1. The van der Waals surface area contributed by atoms with Crippen LogP contribution in [0, 0.1) is 11.3 Å². The van der Waals surface area contributed by atoms with Gasteiger partial charge >= 0.3 is 6.09 Å². The lowest BCUT2D eigenvalue weighted by Crippen LogP contribution is -2.60. The molecular weight excluding hydrogens is 702 g/mol. The van der Waals surface area contributed by atoms with Crippen molar-refractivity contribution in [3.63, 3.8) is 0 Å². The summed E-state index contributed by atoms with van der Waals surface area (Å²) in [6.07, 6.45) is 2.36. The predicted octanol–water partition coefficient (Wildman–Crippen LogP) is 3.85. The van der Waals surface area contributed by atoms with Gasteiger partial charge in [0.1, 0.15) is 35.1 Å². The van der Waals surface area contributed by atoms with Crippen LogP contribution in [0.5, 0.6) is 11.6 Å². The summed E-state index contributed by atoms with van der Waals surface area (Å²) in [6.45, 7) is 14.1. The van der Waals surface area contributed by atoms with E-state index in [9.17, 15) is 27.6 Å². The molecule has 3 aliphatic rings. The number of nitrogens with one attached hydrogen (secondary N) is 3. The Morgan fingerprint density at radius 1 is 1.12 bits per heavy atom. The van der Waals surface area contributed by atoms with E-state index in [2.05, 4.69) is 26.9 Å². The van der Waals surface area contributed by atoms with Crippen molar-refractivity contribution in [3.05, 3.63) is 42.1 Å². The molecule has 51 heavy (non-hydrogen) atoms. The highest BCUT2D eigenvalue weighted by Gasteiger charge is 2.62. The van der Waals surface area contributed by atoms with Gasteiger partial charge in [0.15, 0.2) is 0 Å². The maximum Gasteiger partial charge on any atom is 0.408 e. The summed E-state index contributed by atoms with van der Waals surface area (Å²) in [5.74, 6) is -1.88. The number of amides is 4. The number of aromatic nitrogens is 1. The lowest BCUT2D eigenvalue weighted by Gasteiger charge is -2.36. The first-order valence-electron chi connectivity index (χ1n) is 16.8. The second-order valence-electron chi connectivity index (χ2n) is 15.4. The van der Waals surface area contributed by atoms with Crippen LogP contribution in [0.15, 0.2) is 37.1 Å². The minimum absolute atomic E-state index is 0.0142. The highest BCUT2D eigenvalue weighted by Crippen LogP contribution is 2.45. The van der Waals surface area contributed by atoms with E-state index in [1.807, 2.05) is 0 Å². The van der Waals surface area contributed by atoms with Crippen LogP contribution in [0.1, 0.15) is 67.2 Å². The van der Waals surface area contributed by atoms with Crippen LogP contribution in [-0.2, 0) is 29.1 Å². The molecule has 0 spiro atoms. The van der Waals surface area contributed by atoms with E-state index in [0.29, 0.717) is 34.4 Å². The number of rotatable bonds is 11. The van der Waals surface area contributed by atoms with Gasteiger partial charge in [0.25, 0.3) is 5.91 Å². The van der Waals surface area contributed by atoms with Gasteiger partial charge in [-0.1, -0.05) is 38.4 Å². The van der Waals surface area contributed by atoms with E-state index in [1.165, 1.54) is 24.3 Å². The Morgan fingerprint density at radius 2 is 1.80 bits per heavy atom. The number of pyridine rings is 1. The number of halogens is 1. The average Bonchev–Trinajstić information content (AvgIpc) is 3.96. The summed E-state index contributed by atoms with van der Waals surface area (Å²) >= 11 is 6.44. The third-order valence-electron chi connectivity index (χ3n) is 9.16. The molecule has 2 saturated carbocycles. The molecule has 2 aromatic rings. The van der Waals surface area contributed by atoms with Crippen LogP contribution < -0.4 is 24.8 Å². The fraction of sp³-hybridized carbons (Fsp3) is 0.571. The van der Waals surface area contributed by atoms with Crippen molar-refractivity contribution in [2.45, 2.75) is 102 Å². The fourth-order valence-electron chi connectivity index (χ4n) is 6.17. The summed E-state index contributed by atoms with van der Waals surface area (Å²) in [5, 5.41) is 6.36. The molecule has 0 radical (unpaired) electrons. The first kappa shape index (κ1) is 38.1. The zero-order valence-electron chi connectivity index (χ0n) is 29.9. The smallest absolute Gasteiger partial charge is 0.408 e. The molecule has 278 valence electrons. The van der Waals surface area contributed by atoms with E-state index in [1.54, 1.807) is 59.7 Å². The second kappa shape index (κ2) is 13.8. The van der Waals surface area contributed by atoms with Crippen molar-refractivity contribution >= 4 is 56.2 Å². The molecule has 1 aromatic heterocycles. The molecule has 5 atom stereocenters. The monoisotopic (exact) mass is 747 g/mol. The summed E-state index contributed by atoms with van der Waals surface area (Å²) in [7, 11) is -2.38.